The summed E-state index contributed by atoms with van der Waals surface area (Å²) in [4.78, 5) is 21.6. The number of halogens is 1. The number of benzene rings is 1. The molecule has 18 heavy (non-hydrogen) atoms. The summed E-state index contributed by atoms with van der Waals surface area (Å²) in [5.74, 6) is -1.01. The van der Waals surface area contributed by atoms with E-state index in [9.17, 15) is 9.59 Å². The molecule has 5 heteroatoms. The number of carbonyl (C=O) groups is 2. The Kier molecular flexibility index (Phi) is 7.47. The molecule has 0 N–H and O–H groups in total. The Labute approximate surface area is 112 Å². The van der Waals surface area contributed by atoms with Gasteiger partial charge in [-0.1, -0.05) is 36.4 Å². The predicted octanol–water partition coefficient (Wildman–Crippen LogP) is 2.57. The first-order valence-corrected chi connectivity index (χ1v) is 5.15. The first kappa shape index (κ1) is 16.2. The Morgan fingerprint density at radius 2 is 1.56 bits per heavy atom. The Morgan fingerprint density at radius 3 is 2.00 bits per heavy atom. The second-order valence-electron chi connectivity index (χ2n) is 3.36. The van der Waals surface area contributed by atoms with E-state index in [4.69, 9.17) is 9.47 Å². The van der Waals surface area contributed by atoms with Crippen LogP contribution in [0.1, 0.15) is 19.4 Å². The Hall–Kier alpha value is -1.81. The second kappa shape index (κ2) is 8.31. The molecular formula is C13H15ClO4. The van der Waals surface area contributed by atoms with Gasteiger partial charge in [0.1, 0.15) is 0 Å². The van der Waals surface area contributed by atoms with Gasteiger partial charge in [0, 0.05) is 13.8 Å². The SMILES string of the molecule is CC(=O)OC(C=Cc1ccccc1)OC(C)=O.Cl. The highest BCUT2D eigenvalue weighted by Gasteiger charge is 2.10. The molecule has 0 aromatic heterocycles. The summed E-state index contributed by atoms with van der Waals surface area (Å²) in [5, 5.41) is 0. The molecule has 0 saturated heterocycles. The first-order valence-electron chi connectivity index (χ1n) is 5.15. The van der Waals surface area contributed by atoms with Crippen molar-refractivity contribution in [2.45, 2.75) is 20.1 Å². The number of hydrogen-bond donors (Lipinski definition) is 0. The first-order chi connectivity index (χ1) is 8.08. The van der Waals surface area contributed by atoms with Gasteiger partial charge in [-0.2, -0.15) is 0 Å². The fourth-order valence-corrected chi connectivity index (χ4v) is 1.18. The van der Waals surface area contributed by atoms with Crippen molar-refractivity contribution in [3.05, 3.63) is 42.0 Å². The molecule has 1 aromatic carbocycles. The molecule has 0 amide bonds. The third-order valence-electron chi connectivity index (χ3n) is 1.81. The van der Waals surface area contributed by atoms with E-state index in [0.29, 0.717) is 0 Å². The van der Waals surface area contributed by atoms with E-state index in [1.54, 1.807) is 6.08 Å². The highest BCUT2D eigenvalue weighted by atomic mass is 35.5. The van der Waals surface area contributed by atoms with Gasteiger partial charge in [0.05, 0.1) is 0 Å². The minimum atomic E-state index is -0.981. The number of hydrogen-bond acceptors (Lipinski definition) is 4. The van der Waals surface area contributed by atoms with E-state index in [1.807, 2.05) is 30.3 Å². The fraction of sp³-hybridized carbons (Fsp3) is 0.231. The summed E-state index contributed by atoms with van der Waals surface area (Å²) in [7, 11) is 0. The minimum absolute atomic E-state index is 0. The van der Waals surface area contributed by atoms with Gasteiger partial charge in [-0.15, -0.1) is 12.4 Å². The molecule has 0 atom stereocenters. The zero-order valence-corrected chi connectivity index (χ0v) is 11.0. The van der Waals surface area contributed by atoms with Crippen LogP contribution < -0.4 is 0 Å². The van der Waals surface area contributed by atoms with Gasteiger partial charge in [0.25, 0.3) is 6.29 Å². The van der Waals surface area contributed by atoms with Crippen LogP contribution in [0.5, 0.6) is 0 Å². The molecule has 0 unspecified atom stereocenters. The Morgan fingerprint density at radius 1 is 1.06 bits per heavy atom. The van der Waals surface area contributed by atoms with Gasteiger partial charge < -0.3 is 9.47 Å². The van der Waals surface area contributed by atoms with Crippen molar-refractivity contribution in [1.82, 2.24) is 0 Å². The van der Waals surface area contributed by atoms with Crippen molar-refractivity contribution in [2.24, 2.45) is 0 Å². The quantitative estimate of drug-likeness (QED) is 0.623. The largest absolute Gasteiger partial charge is 0.421 e. The lowest BCUT2D eigenvalue weighted by Gasteiger charge is -2.12. The number of carbonyl (C=O) groups excluding carboxylic acids is 2. The fourth-order valence-electron chi connectivity index (χ4n) is 1.18. The summed E-state index contributed by atoms with van der Waals surface area (Å²) < 4.78 is 9.63. The van der Waals surface area contributed by atoms with E-state index in [-0.39, 0.29) is 12.4 Å². The molecule has 1 rings (SSSR count). The van der Waals surface area contributed by atoms with Crippen LogP contribution >= 0.6 is 12.4 Å². The molecule has 98 valence electrons. The van der Waals surface area contributed by atoms with Crippen molar-refractivity contribution in [3.63, 3.8) is 0 Å². The van der Waals surface area contributed by atoms with Crippen molar-refractivity contribution >= 4 is 30.4 Å². The highest BCUT2D eigenvalue weighted by Crippen LogP contribution is 2.05. The van der Waals surface area contributed by atoms with Crippen molar-refractivity contribution in [3.8, 4) is 0 Å². The summed E-state index contributed by atoms with van der Waals surface area (Å²) in [6.45, 7) is 2.51. The zero-order valence-electron chi connectivity index (χ0n) is 10.2. The number of esters is 2. The van der Waals surface area contributed by atoms with Gasteiger partial charge in [0.2, 0.25) is 0 Å². The molecule has 0 radical (unpaired) electrons. The molecule has 0 bridgehead atoms. The van der Waals surface area contributed by atoms with Crippen LogP contribution in [0.3, 0.4) is 0 Å². The normalized spacial score (nSPS) is 9.94. The zero-order chi connectivity index (χ0) is 12.7. The van der Waals surface area contributed by atoms with Gasteiger partial charge in [-0.05, 0) is 11.6 Å². The average molecular weight is 271 g/mol. The van der Waals surface area contributed by atoms with E-state index < -0.39 is 18.2 Å². The molecule has 0 aliphatic rings. The van der Waals surface area contributed by atoms with E-state index >= 15 is 0 Å². The third-order valence-corrected chi connectivity index (χ3v) is 1.81. The summed E-state index contributed by atoms with van der Waals surface area (Å²) >= 11 is 0. The maximum absolute atomic E-state index is 10.8. The Balaban J connectivity index is 0.00000289. The average Bonchev–Trinajstić information content (AvgIpc) is 2.26. The van der Waals surface area contributed by atoms with Crippen molar-refractivity contribution in [1.29, 1.82) is 0 Å². The van der Waals surface area contributed by atoms with Crippen LogP contribution in [-0.2, 0) is 19.1 Å². The van der Waals surface area contributed by atoms with Crippen LogP contribution in [0.2, 0.25) is 0 Å². The molecule has 0 aliphatic carbocycles. The highest BCUT2D eigenvalue weighted by molar-refractivity contribution is 5.85. The molecule has 4 nitrogen and oxygen atoms in total. The van der Waals surface area contributed by atoms with E-state index in [0.717, 1.165) is 5.56 Å². The second-order valence-corrected chi connectivity index (χ2v) is 3.36. The standard InChI is InChI=1S/C13H14O4.ClH/c1-10(14)16-13(17-11(2)15)9-8-12-6-4-3-5-7-12;/h3-9,13H,1-2H3;1H. The summed E-state index contributed by atoms with van der Waals surface area (Å²) in [6, 6.07) is 9.43. The smallest absolute Gasteiger partial charge is 0.305 e. The lowest BCUT2D eigenvalue weighted by molar-refractivity contribution is -0.176. The number of ether oxygens (including phenoxy) is 2. The van der Waals surface area contributed by atoms with Gasteiger partial charge >= 0.3 is 11.9 Å². The molecule has 0 spiro atoms. The summed E-state index contributed by atoms with van der Waals surface area (Å²) in [5.41, 5.74) is 0.928. The molecule has 0 fully saturated rings. The minimum Gasteiger partial charge on any atom is -0.421 e. The topological polar surface area (TPSA) is 52.6 Å². The molecule has 1 aromatic rings. The van der Waals surface area contributed by atoms with Crippen LogP contribution in [0.4, 0.5) is 0 Å². The van der Waals surface area contributed by atoms with Crippen LogP contribution in [0, 0.1) is 0 Å². The molecule has 0 heterocycles. The number of rotatable bonds is 4. The molecule has 0 aliphatic heterocycles. The van der Waals surface area contributed by atoms with Gasteiger partial charge in [0.15, 0.2) is 0 Å². The van der Waals surface area contributed by atoms with Gasteiger partial charge in [-0.25, -0.2) is 0 Å². The lowest BCUT2D eigenvalue weighted by Crippen LogP contribution is -2.19. The van der Waals surface area contributed by atoms with Gasteiger partial charge in [-0.3, -0.25) is 9.59 Å². The summed E-state index contributed by atoms with van der Waals surface area (Å²) in [6.07, 6.45) is 2.25. The molecule has 0 saturated carbocycles. The predicted molar refractivity (Wildman–Crippen MR) is 70.0 cm³/mol. The monoisotopic (exact) mass is 270 g/mol. The lowest BCUT2D eigenvalue weighted by atomic mass is 10.2. The molecular weight excluding hydrogens is 256 g/mol. The maximum Gasteiger partial charge on any atom is 0.305 e. The van der Waals surface area contributed by atoms with E-state index in [2.05, 4.69) is 0 Å². The Bertz CT molecular complexity index is 398. The maximum atomic E-state index is 10.8. The van der Waals surface area contributed by atoms with Crippen LogP contribution in [0.15, 0.2) is 36.4 Å². The van der Waals surface area contributed by atoms with Crippen LogP contribution in [0.25, 0.3) is 6.08 Å². The van der Waals surface area contributed by atoms with Crippen LogP contribution in [-0.4, -0.2) is 18.2 Å². The van der Waals surface area contributed by atoms with Crippen molar-refractivity contribution in [2.75, 3.05) is 0 Å². The van der Waals surface area contributed by atoms with Crippen molar-refractivity contribution < 1.29 is 19.1 Å². The third kappa shape index (κ3) is 6.70. The van der Waals surface area contributed by atoms with E-state index in [1.165, 1.54) is 19.9 Å².